The zero-order valence-corrected chi connectivity index (χ0v) is 22.2. The number of para-hydroxylation sites is 2. The van der Waals surface area contributed by atoms with Crippen molar-refractivity contribution in [1.82, 2.24) is 9.80 Å². The van der Waals surface area contributed by atoms with Crippen molar-refractivity contribution in [3.63, 3.8) is 0 Å². The van der Waals surface area contributed by atoms with Gasteiger partial charge in [-0.15, -0.1) is 0 Å². The second-order valence-electron chi connectivity index (χ2n) is 8.39. The van der Waals surface area contributed by atoms with Crippen molar-refractivity contribution in [3.05, 3.63) is 59.2 Å². The number of ether oxygens (including phenoxy) is 3. The van der Waals surface area contributed by atoms with Crippen LogP contribution in [-0.4, -0.2) is 85.3 Å². The number of hydrogen-bond donors (Lipinski definition) is 1. The summed E-state index contributed by atoms with van der Waals surface area (Å²) >= 11 is 0. The quantitative estimate of drug-likeness (QED) is 0.282. The standard InChI is InChI=1S/C28H38N2O7/c1-5-29(6-2)17-19-36-28(34)24-13-10-11-22(26(24)32)15-16-30(7-3)18-20-35-27(33)23-12-8-9-14-25(23)37-21(4)31/h8-14,32H,5-7,15-20H2,1-4H3. The molecule has 9 heteroatoms. The number of benzene rings is 2. The molecular weight excluding hydrogens is 476 g/mol. The molecule has 2 rings (SSSR count). The highest BCUT2D eigenvalue weighted by Crippen LogP contribution is 2.24. The third-order valence-corrected chi connectivity index (χ3v) is 6.02. The van der Waals surface area contributed by atoms with Gasteiger partial charge >= 0.3 is 17.9 Å². The topological polar surface area (TPSA) is 106 Å². The average Bonchev–Trinajstić information content (AvgIpc) is 2.89. The molecule has 0 aliphatic heterocycles. The maximum Gasteiger partial charge on any atom is 0.341 e. The lowest BCUT2D eigenvalue weighted by molar-refractivity contribution is -0.131. The van der Waals surface area contributed by atoms with Gasteiger partial charge in [-0.3, -0.25) is 9.69 Å². The molecule has 0 atom stereocenters. The van der Waals surface area contributed by atoms with E-state index < -0.39 is 17.9 Å². The third-order valence-electron chi connectivity index (χ3n) is 6.02. The van der Waals surface area contributed by atoms with Crippen LogP contribution in [0.5, 0.6) is 11.5 Å². The van der Waals surface area contributed by atoms with Gasteiger partial charge in [-0.1, -0.05) is 45.0 Å². The number of likely N-dealkylation sites (N-methyl/N-ethyl adjacent to an activating group) is 2. The summed E-state index contributed by atoms with van der Waals surface area (Å²) in [5.41, 5.74) is 0.982. The Morgan fingerprint density at radius 3 is 1.95 bits per heavy atom. The van der Waals surface area contributed by atoms with Crippen molar-refractivity contribution in [2.45, 2.75) is 34.1 Å². The Morgan fingerprint density at radius 2 is 1.32 bits per heavy atom. The van der Waals surface area contributed by atoms with Crippen LogP contribution in [0.1, 0.15) is 54.0 Å². The van der Waals surface area contributed by atoms with Gasteiger partial charge in [0.1, 0.15) is 35.8 Å². The molecule has 0 spiro atoms. The molecule has 0 radical (unpaired) electrons. The molecule has 0 unspecified atom stereocenters. The molecule has 0 saturated carbocycles. The molecule has 37 heavy (non-hydrogen) atoms. The van der Waals surface area contributed by atoms with Crippen molar-refractivity contribution in [1.29, 1.82) is 0 Å². The minimum atomic E-state index is -0.572. The minimum absolute atomic E-state index is 0.0695. The number of carbonyl (C=O) groups excluding carboxylic acids is 3. The fraction of sp³-hybridized carbons (Fsp3) is 0.464. The van der Waals surface area contributed by atoms with Gasteiger partial charge in [0.15, 0.2) is 0 Å². The largest absolute Gasteiger partial charge is 0.507 e. The summed E-state index contributed by atoms with van der Waals surface area (Å²) in [6, 6.07) is 11.5. The van der Waals surface area contributed by atoms with E-state index in [1.165, 1.54) is 13.0 Å². The van der Waals surface area contributed by atoms with E-state index in [1.807, 2.05) is 6.92 Å². The number of phenols is 1. The average molecular weight is 515 g/mol. The maximum atomic E-state index is 12.5. The Morgan fingerprint density at radius 1 is 0.757 bits per heavy atom. The second kappa shape index (κ2) is 15.6. The van der Waals surface area contributed by atoms with Crippen molar-refractivity contribution in [3.8, 4) is 11.5 Å². The fourth-order valence-electron chi connectivity index (χ4n) is 3.77. The summed E-state index contributed by atoms with van der Waals surface area (Å²) in [7, 11) is 0. The van der Waals surface area contributed by atoms with Gasteiger partial charge < -0.3 is 24.2 Å². The number of phenolic OH excluding ortho intramolecular Hbond substituents is 1. The van der Waals surface area contributed by atoms with Gasteiger partial charge in [0.2, 0.25) is 0 Å². The van der Waals surface area contributed by atoms with Crippen molar-refractivity contribution < 1.29 is 33.7 Å². The summed E-state index contributed by atoms with van der Waals surface area (Å²) in [5.74, 6) is -1.54. The molecule has 202 valence electrons. The Balaban J connectivity index is 1.88. The molecule has 0 heterocycles. The van der Waals surface area contributed by atoms with Gasteiger partial charge in [-0.05, 0) is 49.8 Å². The lowest BCUT2D eigenvalue weighted by Gasteiger charge is -2.21. The second-order valence-corrected chi connectivity index (χ2v) is 8.39. The number of nitrogens with zero attached hydrogens (tertiary/aromatic N) is 2. The van der Waals surface area contributed by atoms with Crippen LogP contribution in [0.4, 0.5) is 0 Å². The van der Waals surface area contributed by atoms with Crippen LogP contribution in [0, 0.1) is 0 Å². The van der Waals surface area contributed by atoms with Crippen LogP contribution in [0.15, 0.2) is 42.5 Å². The lowest BCUT2D eigenvalue weighted by atomic mass is 10.1. The number of aromatic hydroxyl groups is 1. The van der Waals surface area contributed by atoms with Gasteiger partial charge in [0.25, 0.3) is 0 Å². The number of carbonyl (C=O) groups is 3. The lowest BCUT2D eigenvalue weighted by Crippen LogP contribution is -2.30. The summed E-state index contributed by atoms with van der Waals surface area (Å²) in [6.45, 7) is 11.9. The predicted molar refractivity (Wildman–Crippen MR) is 140 cm³/mol. The van der Waals surface area contributed by atoms with Crippen molar-refractivity contribution in [2.75, 3.05) is 52.5 Å². The molecule has 2 aromatic carbocycles. The Bertz CT molecular complexity index is 1040. The Kier molecular flexibility index (Phi) is 12.6. The number of hydrogen-bond acceptors (Lipinski definition) is 9. The summed E-state index contributed by atoms with van der Waals surface area (Å²) in [5, 5.41) is 10.7. The predicted octanol–water partition coefficient (Wildman–Crippen LogP) is 3.54. The normalized spacial score (nSPS) is 11.0. The van der Waals surface area contributed by atoms with Crippen LogP contribution < -0.4 is 4.74 Å². The molecule has 0 aliphatic carbocycles. The zero-order valence-electron chi connectivity index (χ0n) is 22.2. The summed E-state index contributed by atoms with van der Waals surface area (Å²) < 4.78 is 15.8. The van der Waals surface area contributed by atoms with Gasteiger partial charge in [0, 0.05) is 26.6 Å². The SMILES string of the molecule is CCN(CC)CCOC(=O)c1cccc(CCN(CC)CCOC(=O)c2ccccc2OC(C)=O)c1O. The Labute approximate surface area is 218 Å². The number of rotatable bonds is 15. The van der Waals surface area contributed by atoms with Gasteiger partial charge in [0.05, 0.1) is 0 Å². The molecule has 0 fully saturated rings. The highest BCUT2D eigenvalue weighted by Gasteiger charge is 2.18. The molecule has 0 saturated heterocycles. The Hall–Kier alpha value is -3.43. The first-order valence-corrected chi connectivity index (χ1v) is 12.7. The van der Waals surface area contributed by atoms with Crippen LogP contribution in [0.25, 0.3) is 0 Å². The summed E-state index contributed by atoms with van der Waals surface area (Å²) in [4.78, 5) is 40.5. The van der Waals surface area contributed by atoms with E-state index in [0.717, 1.165) is 13.1 Å². The van der Waals surface area contributed by atoms with E-state index in [9.17, 15) is 19.5 Å². The van der Waals surface area contributed by atoms with E-state index >= 15 is 0 Å². The van der Waals surface area contributed by atoms with Crippen LogP contribution >= 0.6 is 0 Å². The van der Waals surface area contributed by atoms with E-state index in [-0.39, 0.29) is 35.8 Å². The first-order valence-electron chi connectivity index (χ1n) is 12.7. The minimum Gasteiger partial charge on any atom is -0.507 e. The molecular formula is C28H38N2O7. The fourth-order valence-corrected chi connectivity index (χ4v) is 3.77. The third kappa shape index (κ3) is 9.51. The molecule has 0 aromatic heterocycles. The van der Waals surface area contributed by atoms with Gasteiger partial charge in [-0.25, -0.2) is 9.59 Å². The first kappa shape index (κ1) is 29.8. The molecule has 1 N–H and O–H groups in total. The van der Waals surface area contributed by atoms with E-state index in [0.29, 0.717) is 38.2 Å². The van der Waals surface area contributed by atoms with Crippen LogP contribution in [0.3, 0.4) is 0 Å². The van der Waals surface area contributed by atoms with E-state index in [2.05, 4.69) is 23.6 Å². The molecule has 0 aliphatic rings. The van der Waals surface area contributed by atoms with Crippen LogP contribution in [-0.2, 0) is 20.7 Å². The molecule has 0 amide bonds. The highest BCUT2D eigenvalue weighted by molar-refractivity contribution is 5.93. The molecule has 9 nitrogen and oxygen atoms in total. The molecule has 0 bridgehead atoms. The monoisotopic (exact) mass is 514 g/mol. The van der Waals surface area contributed by atoms with E-state index in [4.69, 9.17) is 14.2 Å². The highest BCUT2D eigenvalue weighted by atomic mass is 16.5. The molecule has 2 aromatic rings. The number of esters is 3. The van der Waals surface area contributed by atoms with E-state index in [1.54, 1.807) is 36.4 Å². The summed E-state index contributed by atoms with van der Waals surface area (Å²) in [6.07, 6.45) is 0.503. The first-order chi connectivity index (χ1) is 17.8. The van der Waals surface area contributed by atoms with Crippen molar-refractivity contribution in [2.24, 2.45) is 0 Å². The van der Waals surface area contributed by atoms with Crippen molar-refractivity contribution >= 4 is 17.9 Å². The maximum absolute atomic E-state index is 12.5. The van der Waals surface area contributed by atoms with Crippen LogP contribution in [0.2, 0.25) is 0 Å². The smallest absolute Gasteiger partial charge is 0.341 e. The zero-order chi connectivity index (χ0) is 27.2. The van der Waals surface area contributed by atoms with Gasteiger partial charge in [-0.2, -0.15) is 0 Å².